The quantitative estimate of drug-likeness (QED) is 0.830. The van der Waals surface area contributed by atoms with Crippen LogP contribution >= 0.6 is 0 Å². The van der Waals surface area contributed by atoms with Crippen molar-refractivity contribution in [3.63, 3.8) is 0 Å². The predicted molar refractivity (Wildman–Crippen MR) is 77.8 cm³/mol. The van der Waals surface area contributed by atoms with E-state index >= 15 is 0 Å². The molecule has 4 nitrogen and oxygen atoms in total. The van der Waals surface area contributed by atoms with E-state index in [-0.39, 0.29) is 17.2 Å². The molecule has 0 bridgehead atoms. The number of likely N-dealkylation sites (tertiary alicyclic amines) is 1. The van der Waals surface area contributed by atoms with Crippen molar-refractivity contribution in [1.82, 2.24) is 4.90 Å². The molecule has 0 spiro atoms. The van der Waals surface area contributed by atoms with Crippen molar-refractivity contribution in [2.75, 3.05) is 33.4 Å². The van der Waals surface area contributed by atoms with Crippen LogP contribution in [-0.4, -0.2) is 44.2 Å². The molecule has 19 heavy (non-hydrogen) atoms. The van der Waals surface area contributed by atoms with Gasteiger partial charge < -0.3 is 15.4 Å². The second-order valence-corrected chi connectivity index (χ2v) is 6.92. The van der Waals surface area contributed by atoms with Crippen LogP contribution in [0.4, 0.5) is 0 Å². The van der Waals surface area contributed by atoms with Crippen molar-refractivity contribution in [1.29, 1.82) is 0 Å². The lowest BCUT2D eigenvalue weighted by atomic mass is 9.83. The van der Waals surface area contributed by atoms with Crippen molar-refractivity contribution in [3.05, 3.63) is 0 Å². The molecular weight excluding hydrogens is 240 g/mol. The highest BCUT2D eigenvalue weighted by Crippen LogP contribution is 2.26. The topological polar surface area (TPSA) is 55.6 Å². The maximum Gasteiger partial charge on any atom is 0.226 e. The SMILES string of the molecule is COCC1CCN(C(=O)C(CN)CC(C)(C)C)CC1. The molecule has 1 rings (SSSR count). The maximum atomic E-state index is 12.5. The highest BCUT2D eigenvalue weighted by molar-refractivity contribution is 5.79. The van der Waals surface area contributed by atoms with Gasteiger partial charge >= 0.3 is 0 Å². The second kappa shape index (κ2) is 7.25. The average Bonchev–Trinajstić information content (AvgIpc) is 2.35. The molecule has 1 saturated heterocycles. The number of hydrogen-bond acceptors (Lipinski definition) is 3. The molecule has 112 valence electrons. The smallest absolute Gasteiger partial charge is 0.226 e. The summed E-state index contributed by atoms with van der Waals surface area (Å²) in [5, 5.41) is 0. The summed E-state index contributed by atoms with van der Waals surface area (Å²) < 4.78 is 5.19. The van der Waals surface area contributed by atoms with E-state index in [0.29, 0.717) is 12.5 Å². The number of hydrogen-bond donors (Lipinski definition) is 1. The predicted octanol–water partition coefficient (Wildman–Crippen LogP) is 1.88. The molecule has 0 aromatic carbocycles. The molecule has 2 N–H and O–H groups in total. The normalized spacial score (nSPS) is 19.5. The first-order valence-corrected chi connectivity index (χ1v) is 7.35. The first-order chi connectivity index (χ1) is 8.87. The number of nitrogens with zero attached hydrogens (tertiary/aromatic N) is 1. The van der Waals surface area contributed by atoms with Crippen LogP contribution in [0, 0.1) is 17.3 Å². The van der Waals surface area contributed by atoms with E-state index in [9.17, 15) is 4.79 Å². The van der Waals surface area contributed by atoms with Gasteiger partial charge in [-0.1, -0.05) is 20.8 Å². The van der Waals surface area contributed by atoms with E-state index in [4.69, 9.17) is 10.5 Å². The summed E-state index contributed by atoms with van der Waals surface area (Å²) in [6.45, 7) is 9.45. The number of piperidine rings is 1. The first-order valence-electron chi connectivity index (χ1n) is 7.35. The number of nitrogens with two attached hydrogens (primary N) is 1. The van der Waals surface area contributed by atoms with Gasteiger partial charge in [0.05, 0.1) is 5.92 Å². The van der Waals surface area contributed by atoms with Crippen molar-refractivity contribution in [2.45, 2.75) is 40.0 Å². The summed E-state index contributed by atoms with van der Waals surface area (Å²) >= 11 is 0. The van der Waals surface area contributed by atoms with Gasteiger partial charge in [-0.15, -0.1) is 0 Å². The lowest BCUT2D eigenvalue weighted by Crippen LogP contribution is -2.45. The van der Waals surface area contributed by atoms with Gasteiger partial charge in [0.2, 0.25) is 5.91 Å². The summed E-state index contributed by atoms with van der Waals surface area (Å²) in [6.07, 6.45) is 2.96. The van der Waals surface area contributed by atoms with Gasteiger partial charge in [-0.25, -0.2) is 0 Å². The van der Waals surface area contributed by atoms with Gasteiger partial charge in [0.1, 0.15) is 0 Å². The van der Waals surface area contributed by atoms with E-state index in [2.05, 4.69) is 20.8 Å². The Kier molecular flexibility index (Phi) is 6.27. The molecule has 1 aliphatic rings. The number of rotatable bonds is 5. The van der Waals surface area contributed by atoms with Crippen LogP contribution < -0.4 is 5.73 Å². The zero-order valence-electron chi connectivity index (χ0n) is 12.9. The van der Waals surface area contributed by atoms with Gasteiger partial charge in [-0.05, 0) is 30.6 Å². The fourth-order valence-corrected chi connectivity index (χ4v) is 2.82. The summed E-state index contributed by atoms with van der Waals surface area (Å²) in [5.74, 6) is 0.820. The minimum atomic E-state index is -0.0287. The van der Waals surface area contributed by atoms with Crippen LogP contribution in [0.25, 0.3) is 0 Å². The zero-order chi connectivity index (χ0) is 14.5. The van der Waals surface area contributed by atoms with E-state index in [1.807, 2.05) is 4.90 Å². The Morgan fingerprint density at radius 3 is 2.37 bits per heavy atom. The van der Waals surface area contributed by atoms with Crippen LogP contribution in [0.1, 0.15) is 40.0 Å². The number of carbonyl (C=O) groups excluding carboxylic acids is 1. The van der Waals surface area contributed by atoms with Crippen LogP contribution in [0.5, 0.6) is 0 Å². The van der Waals surface area contributed by atoms with Crippen LogP contribution in [0.3, 0.4) is 0 Å². The molecule has 4 heteroatoms. The lowest BCUT2D eigenvalue weighted by molar-refractivity contribution is -0.137. The van der Waals surface area contributed by atoms with Gasteiger partial charge in [0, 0.05) is 33.4 Å². The number of methoxy groups -OCH3 is 1. The fraction of sp³-hybridized carbons (Fsp3) is 0.933. The van der Waals surface area contributed by atoms with E-state index in [1.165, 1.54) is 0 Å². The standard InChI is InChI=1S/C15H30N2O2/c1-15(2,3)9-13(10-16)14(18)17-7-5-12(6-8-17)11-19-4/h12-13H,5-11,16H2,1-4H3. The molecule has 0 aliphatic carbocycles. The molecule has 0 aromatic rings. The third kappa shape index (κ3) is 5.49. The summed E-state index contributed by atoms with van der Waals surface area (Å²) in [7, 11) is 1.74. The summed E-state index contributed by atoms with van der Waals surface area (Å²) in [6, 6.07) is 0. The minimum absolute atomic E-state index is 0.0287. The van der Waals surface area contributed by atoms with E-state index < -0.39 is 0 Å². The molecule has 1 heterocycles. The Bertz CT molecular complexity index is 278. The van der Waals surface area contributed by atoms with Crippen molar-refractivity contribution >= 4 is 5.91 Å². The first kappa shape index (κ1) is 16.4. The molecule has 1 atom stereocenters. The fourth-order valence-electron chi connectivity index (χ4n) is 2.82. The Balaban J connectivity index is 2.48. The molecule has 1 aliphatic heterocycles. The monoisotopic (exact) mass is 270 g/mol. The van der Waals surface area contributed by atoms with Crippen LogP contribution in [-0.2, 0) is 9.53 Å². The molecule has 1 unspecified atom stereocenters. The minimum Gasteiger partial charge on any atom is -0.384 e. The Morgan fingerprint density at radius 1 is 1.37 bits per heavy atom. The van der Waals surface area contributed by atoms with Gasteiger partial charge in [-0.3, -0.25) is 4.79 Å². The van der Waals surface area contributed by atoms with Gasteiger partial charge in [0.25, 0.3) is 0 Å². The average molecular weight is 270 g/mol. The van der Waals surface area contributed by atoms with Crippen LogP contribution in [0.15, 0.2) is 0 Å². The number of ether oxygens (including phenoxy) is 1. The van der Waals surface area contributed by atoms with E-state index in [0.717, 1.165) is 39.0 Å². The van der Waals surface area contributed by atoms with Crippen LogP contribution in [0.2, 0.25) is 0 Å². The van der Waals surface area contributed by atoms with Crippen molar-refractivity contribution < 1.29 is 9.53 Å². The Hall–Kier alpha value is -0.610. The Morgan fingerprint density at radius 2 is 1.95 bits per heavy atom. The Labute approximate surface area is 117 Å². The second-order valence-electron chi connectivity index (χ2n) is 6.92. The molecule has 0 saturated carbocycles. The zero-order valence-corrected chi connectivity index (χ0v) is 12.9. The number of carbonyl (C=O) groups is 1. The van der Waals surface area contributed by atoms with Crippen molar-refractivity contribution in [2.24, 2.45) is 23.0 Å². The lowest BCUT2D eigenvalue weighted by Gasteiger charge is -2.35. The summed E-state index contributed by atoms with van der Waals surface area (Å²) in [4.78, 5) is 14.5. The van der Waals surface area contributed by atoms with Crippen molar-refractivity contribution in [3.8, 4) is 0 Å². The largest absolute Gasteiger partial charge is 0.384 e. The molecule has 1 amide bonds. The molecule has 1 fully saturated rings. The maximum absolute atomic E-state index is 12.5. The van der Waals surface area contributed by atoms with Gasteiger partial charge in [-0.2, -0.15) is 0 Å². The third-order valence-corrected chi connectivity index (χ3v) is 3.82. The highest BCUT2D eigenvalue weighted by atomic mass is 16.5. The summed E-state index contributed by atoms with van der Waals surface area (Å²) in [5.41, 5.74) is 5.94. The number of amides is 1. The highest BCUT2D eigenvalue weighted by Gasteiger charge is 2.30. The molecule has 0 radical (unpaired) electrons. The van der Waals surface area contributed by atoms with Gasteiger partial charge in [0.15, 0.2) is 0 Å². The molecule has 0 aromatic heterocycles. The van der Waals surface area contributed by atoms with E-state index in [1.54, 1.807) is 7.11 Å². The third-order valence-electron chi connectivity index (χ3n) is 3.82. The molecular formula is C15H30N2O2.